The van der Waals surface area contributed by atoms with Crippen LogP contribution in [0.3, 0.4) is 0 Å². The van der Waals surface area contributed by atoms with Crippen molar-refractivity contribution in [2.75, 3.05) is 13.2 Å². The van der Waals surface area contributed by atoms with Gasteiger partial charge in [0.1, 0.15) is 11.5 Å². The van der Waals surface area contributed by atoms with Gasteiger partial charge in [-0.25, -0.2) is 0 Å². The van der Waals surface area contributed by atoms with E-state index in [1.807, 2.05) is 24.3 Å². The van der Waals surface area contributed by atoms with Crippen molar-refractivity contribution in [2.45, 2.75) is 84.5 Å². The minimum absolute atomic E-state index is 0.566. The van der Waals surface area contributed by atoms with E-state index in [4.69, 9.17) is 9.47 Å². The molecule has 1 aromatic rings. The highest BCUT2D eigenvalue weighted by Gasteiger charge is 2.20. The van der Waals surface area contributed by atoms with E-state index < -0.39 is 0 Å². The maximum atomic E-state index is 6.03. The molecule has 0 atom stereocenters. The lowest BCUT2D eigenvalue weighted by atomic mass is 9.80. The molecule has 0 spiro atoms. The highest BCUT2D eigenvalue weighted by molar-refractivity contribution is 5.31. The number of hydrogen-bond acceptors (Lipinski definition) is 2. The second kappa shape index (κ2) is 13.5. The molecule has 170 valence electrons. The summed E-state index contributed by atoms with van der Waals surface area (Å²) < 4.78 is 11.7. The van der Waals surface area contributed by atoms with Gasteiger partial charge < -0.3 is 9.47 Å². The molecule has 2 nitrogen and oxygen atoms in total. The Labute approximate surface area is 190 Å². The molecule has 0 aliphatic heterocycles. The highest BCUT2D eigenvalue weighted by atomic mass is 16.5. The summed E-state index contributed by atoms with van der Waals surface area (Å²) >= 11 is 0. The summed E-state index contributed by atoms with van der Waals surface area (Å²) in [5, 5.41) is 0. The van der Waals surface area contributed by atoms with Crippen molar-refractivity contribution in [3.63, 3.8) is 0 Å². The monoisotopic (exact) mass is 422 g/mol. The summed E-state index contributed by atoms with van der Waals surface area (Å²) in [4.78, 5) is 0. The normalized spacial score (nSPS) is 26.3. The van der Waals surface area contributed by atoms with E-state index in [2.05, 4.69) is 37.8 Å². The number of benzene rings is 1. The summed E-state index contributed by atoms with van der Waals surface area (Å²) in [6.45, 7) is 6.01. The van der Waals surface area contributed by atoms with E-state index in [0.717, 1.165) is 43.0 Å². The van der Waals surface area contributed by atoms with Gasteiger partial charge in [0.25, 0.3) is 0 Å². The van der Waals surface area contributed by atoms with Gasteiger partial charge in [0.05, 0.1) is 13.2 Å². The second-order valence-electron chi connectivity index (χ2n) is 9.57. The molecule has 0 aromatic heterocycles. The van der Waals surface area contributed by atoms with Crippen molar-refractivity contribution in [1.82, 2.24) is 0 Å². The molecular formula is C29H42O2. The maximum Gasteiger partial charge on any atom is 0.119 e. The van der Waals surface area contributed by atoms with Gasteiger partial charge in [0, 0.05) is 5.92 Å². The number of ether oxygens (including phenoxy) is 2. The average molecular weight is 423 g/mol. The Balaban J connectivity index is 1.30. The summed E-state index contributed by atoms with van der Waals surface area (Å²) in [6, 6.07) is 8.04. The van der Waals surface area contributed by atoms with Crippen LogP contribution in [0.25, 0.3) is 0 Å². The summed E-state index contributed by atoms with van der Waals surface area (Å²) in [7, 11) is 0. The van der Waals surface area contributed by atoms with Crippen LogP contribution in [0.5, 0.6) is 11.5 Å². The van der Waals surface area contributed by atoms with Gasteiger partial charge in [-0.1, -0.05) is 44.6 Å². The molecule has 0 saturated heterocycles. The smallest absolute Gasteiger partial charge is 0.119 e. The minimum Gasteiger partial charge on any atom is -0.494 e. The SMILES string of the molecule is CCCOc1ccc(OCC2CCC(C#C/C=C/C3CCC(CCC)CC3)CC2)cc1. The zero-order valence-electron chi connectivity index (χ0n) is 19.8. The first-order chi connectivity index (χ1) is 15.3. The predicted octanol–water partition coefficient (Wildman–Crippen LogP) is 7.83. The third-order valence-corrected chi connectivity index (χ3v) is 6.96. The fourth-order valence-corrected chi connectivity index (χ4v) is 4.97. The van der Waals surface area contributed by atoms with Crippen molar-refractivity contribution in [1.29, 1.82) is 0 Å². The molecule has 1 aromatic carbocycles. The lowest BCUT2D eigenvalue weighted by molar-refractivity contribution is 0.196. The molecule has 0 N–H and O–H groups in total. The van der Waals surface area contributed by atoms with Crippen molar-refractivity contribution >= 4 is 0 Å². The van der Waals surface area contributed by atoms with E-state index in [1.165, 1.54) is 64.2 Å². The minimum atomic E-state index is 0.566. The van der Waals surface area contributed by atoms with Gasteiger partial charge in [-0.3, -0.25) is 0 Å². The van der Waals surface area contributed by atoms with Crippen LogP contribution >= 0.6 is 0 Å². The third-order valence-electron chi connectivity index (χ3n) is 6.96. The molecule has 2 aliphatic carbocycles. The molecule has 2 saturated carbocycles. The van der Waals surface area contributed by atoms with E-state index in [1.54, 1.807) is 0 Å². The van der Waals surface area contributed by atoms with E-state index >= 15 is 0 Å². The quantitative estimate of drug-likeness (QED) is 0.378. The van der Waals surface area contributed by atoms with Crippen LogP contribution in [0, 0.1) is 35.5 Å². The zero-order chi connectivity index (χ0) is 21.7. The largest absolute Gasteiger partial charge is 0.494 e. The van der Waals surface area contributed by atoms with Gasteiger partial charge >= 0.3 is 0 Å². The van der Waals surface area contributed by atoms with Gasteiger partial charge in [0.15, 0.2) is 0 Å². The van der Waals surface area contributed by atoms with Crippen LogP contribution in [-0.2, 0) is 0 Å². The van der Waals surface area contributed by atoms with Crippen molar-refractivity contribution in [2.24, 2.45) is 23.7 Å². The lowest BCUT2D eigenvalue weighted by Crippen LogP contribution is -2.19. The van der Waals surface area contributed by atoms with Crippen molar-refractivity contribution in [3.8, 4) is 23.3 Å². The molecule has 2 aliphatic rings. The van der Waals surface area contributed by atoms with Crippen LogP contribution in [0.15, 0.2) is 36.4 Å². The van der Waals surface area contributed by atoms with Crippen LogP contribution in [0.1, 0.15) is 84.5 Å². The van der Waals surface area contributed by atoms with Crippen LogP contribution in [0.2, 0.25) is 0 Å². The van der Waals surface area contributed by atoms with Gasteiger partial charge in [-0.15, -0.1) is 0 Å². The van der Waals surface area contributed by atoms with Crippen LogP contribution in [0.4, 0.5) is 0 Å². The fraction of sp³-hybridized carbons (Fsp3) is 0.655. The van der Waals surface area contributed by atoms with Crippen molar-refractivity contribution < 1.29 is 9.47 Å². The fourth-order valence-electron chi connectivity index (χ4n) is 4.97. The molecule has 2 fully saturated rings. The molecule has 31 heavy (non-hydrogen) atoms. The Morgan fingerprint density at radius 3 is 2.10 bits per heavy atom. The topological polar surface area (TPSA) is 18.5 Å². The maximum absolute atomic E-state index is 6.03. The Hall–Kier alpha value is -1.88. The summed E-state index contributed by atoms with van der Waals surface area (Å²) in [5.74, 6) is 11.7. The van der Waals surface area contributed by atoms with Crippen molar-refractivity contribution in [3.05, 3.63) is 36.4 Å². The Morgan fingerprint density at radius 2 is 1.45 bits per heavy atom. The van der Waals surface area contributed by atoms with Gasteiger partial charge in [-0.05, 0) is 106 Å². The first kappa shape index (κ1) is 23.8. The molecule has 2 heteroatoms. The van der Waals surface area contributed by atoms with E-state index in [9.17, 15) is 0 Å². The molecule has 0 heterocycles. The lowest BCUT2D eigenvalue weighted by Gasteiger charge is -2.26. The van der Waals surface area contributed by atoms with Gasteiger partial charge in [0.2, 0.25) is 0 Å². The first-order valence-electron chi connectivity index (χ1n) is 12.8. The molecule has 3 rings (SSSR count). The number of allylic oxidation sites excluding steroid dienone is 2. The number of rotatable bonds is 9. The molecule has 0 bridgehead atoms. The predicted molar refractivity (Wildman–Crippen MR) is 130 cm³/mol. The second-order valence-corrected chi connectivity index (χ2v) is 9.57. The third kappa shape index (κ3) is 8.64. The Bertz CT molecular complexity index is 692. The van der Waals surface area contributed by atoms with E-state index in [0.29, 0.717) is 11.8 Å². The summed E-state index contributed by atoms with van der Waals surface area (Å²) in [6.07, 6.45) is 18.7. The Kier molecular flexibility index (Phi) is 10.4. The van der Waals surface area contributed by atoms with Crippen LogP contribution < -0.4 is 9.47 Å². The molecule has 0 unspecified atom stereocenters. The first-order valence-corrected chi connectivity index (χ1v) is 12.8. The van der Waals surface area contributed by atoms with Crippen LogP contribution in [-0.4, -0.2) is 13.2 Å². The standard InChI is InChI=1S/C29H42O2/c1-3-7-24-10-12-25(13-11-24)8-5-6-9-26-14-16-27(17-15-26)23-31-29-20-18-28(19-21-29)30-22-4-2/h5,8,18-21,24-27H,3-4,7,10-17,22-23H2,1-2H3/b8-5+. The highest BCUT2D eigenvalue weighted by Crippen LogP contribution is 2.32. The van der Waals surface area contributed by atoms with Gasteiger partial charge in [-0.2, -0.15) is 0 Å². The molecule has 0 radical (unpaired) electrons. The zero-order valence-corrected chi connectivity index (χ0v) is 19.8. The summed E-state index contributed by atoms with van der Waals surface area (Å²) in [5.41, 5.74) is 0. The Morgan fingerprint density at radius 1 is 0.806 bits per heavy atom. The number of hydrogen-bond donors (Lipinski definition) is 0. The van der Waals surface area contributed by atoms with E-state index in [-0.39, 0.29) is 0 Å². The molecule has 0 amide bonds. The molecular weight excluding hydrogens is 380 g/mol. The average Bonchev–Trinajstić information content (AvgIpc) is 2.82.